The van der Waals surface area contributed by atoms with E-state index >= 15 is 0 Å². The second-order valence-electron chi connectivity index (χ2n) is 6.25. The minimum Gasteiger partial charge on any atom is -0.399 e. The van der Waals surface area contributed by atoms with Gasteiger partial charge in [-0.2, -0.15) is 0 Å². The second kappa shape index (κ2) is 4.81. The van der Waals surface area contributed by atoms with Gasteiger partial charge in [-0.25, -0.2) is 0 Å². The predicted octanol–water partition coefficient (Wildman–Crippen LogP) is 2.58. The van der Waals surface area contributed by atoms with Crippen molar-refractivity contribution in [3.8, 4) is 0 Å². The summed E-state index contributed by atoms with van der Waals surface area (Å²) in [5.41, 5.74) is 8.11. The Balaban J connectivity index is 2.06. The minimum absolute atomic E-state index is 0.257. The maximum Gasteiger partial charge on any atom is 0.0368 e. The van der Waals surface area contributed by atoms with Crippen LogP contribution in [0.25, 0.3) is 0 Å². The van der Waals surface area contributed by atoms with Gasteiger partial charge in [0.05, 0.1) is 0 Å². The van der Waals surface area contributed by atoms with E-state index in [1.54, 1.807) is 0 Å². The highest BCUT2D eigenvalue weighted by molar-refractivity contribution is 5.53. The van der Waals surface area contributed by atoms with Crippen LogP contribution in [0.2, 0.25) is 0 Å². The quantitative estimate of drug-likeness (QED) is 0.774. The van der Waals surface area contributed by atoms with E-state index < -0.39 is 0 Å². The third-order valence-corrected chi connectivity index (χ3v) is 3.75. The molecule has 0 spiro atoms. The zero-order valence-corrected chi connectivity index (χ0v) is 12.0. The zero-order valence-electron chi connectivity index (χ0n) is 12.0. The number of nitrogens with zero attached hydrogens (tertiary/aromatic N) is 2. The van der Waals surface area contributed by atoms with Crippen molar-refractivity contribution in [3.05, 3.63) is 24.3 Å². The highest BCUT2D eigenvalue weighted by Crippen LogP contribution is 2.24. The fourth-order valence-corrected chi connectivity index (χ4v) is 2.87. The van der Waals surface area contributed by atoms with E-state index in [-0.39, 0.29) is 5.54 Å². The SMILES string of the molecule is CC1CN(c2ccc(N)cc2)CCN1C(C)(C)C. The van der Waals surface area contributed by atoms with Gasteiger partial charge >= 0.3 is 0 Å². The Bertz CT molecular complexity index is 391. The van der Waals surface area contributed by atoms with E-state index in [1.165, 1.54) is 5.69 Å². The Morgan fingerprint density at radius 1 is 1.11 bits per heavy atom. The maximum atomic E-state index is 5.74. The van der Waals surface area contributed by atoms with E-state index in [2.05, 4.69) is 49.6 Å². The molecule has 1 aliphatic rings. The number of nitrogens with two attached hydrogens (primary N) is 1. The summed E-state index contributed by atoms with van der Waals surface area (Å²) in [5, 5.41) is 0. The predicted molar refractivity (Wildman–Crippen MR) is 79.0 cm³/mol. The van der Waals surface area contributed by atoms with Crippen molar-refractivity contribution < 1.29 is 0 Å². The molecule has 1 saturated heterocycles. The van der Waals surface area contributed by atoms with Gasteiger partial charge in [0.2, 0.25) is 0 Å². The third kappa shape index (κ3) is 2.78. The van der Waals surface area contributed by atoms with Crippen LogP contribution >= 0.6 is 0 Å². The summed E-state index contributed by atoms with van der Waals surface area (Å²) in [6, 6.07) is 8.78. The van der Waals surface area contributed by atoms with Crippen LogP contribution in [0.15, 0.2) is 24.3 Å². The topological polar surface area (TPSA) is 32.5 Å². The van der Waals surface area contributed by atoms with Crippen molar-refractivity contribution in [2.75, 3.05) is 30.3 Å². The van der Waals surface area contributed by atoms with Crippen molar-refractivity contribution >= 4 is 11.4 Å². The number of anilines is 2. The fourth-order valence-electron chi connectivity index (χ4n) is 2.87. The molecule has 2 N–H and O–H groups in total. The van der Waals surface area contributed by atoms with Crippen LogP contribution in [0, 0.1) is 0 Å². The van der Waals surface area contributed by atoms with E-state index in [0.717, 1.165) is 25.3 Å². The Kier molecular flexibility index (Phi) is 3.53. The highest BCUT2D eigenvalue weighted by atomic mass is 15.3. The first-order chi connectivity index (χ1) is 8.38. The van der Waals surface area contributed by atoms with Gasteiger partial charge in [-0.3, -0.25) is 4.90 Å². The van der Waals surface area contributed by atoms with Gasteiger partial charge in [0, 0.05) is 42.6 Å². The normalized spacial score (nSPS) is 22.2. The highest BCUT2D eigenvalue weighted by Gasteiger charge is 2.31. The summed E-state index contributed by atoms with van der Waals surface area (Å²) >= 11 is 0. The number of hydrogen-bond acceptors (Lipinski definition) is 3. The molecule has 2 rings (SSSR count). The molecule has 0 aromatic heterocycles. The lowest BCUT2D eigenvalue weighted by Crippen LogP contribution is -2.58. The summed E-state index contributed by atoms with van der Waals surface area (Å²) in [7, 11) is 0. The summed E-state index contributed by atoms with van der Waals surface area (Å²) in [5.74, 6) is 0. The van der Waals surface area contributed by atoms with E-state index in [0.29, 0.717) is 6.04 Å². The Hall–Kier alpha value is -1.22. The molecule has 1 atom stereocenters. The average Bonchev–Trinajstić information content (AvgIpc) is 2.28. The van der Waals surface area contributed by atoms with Crippen molar-refractivity contribution in [1.82, 2.24) is 4.90 Å². The molecule has 1 aliphatic heterocycles. The molecule has 1 unspecified atom stereocenters. The largest absolute Gasteiger partial charge is 0.399 e. The van der Waals surface area contributed by atoms with Crippen molar-refractivity contribution in [1.29, 1.82) is 0 Å². The smallest absolute Gasteiger partial charge is 0.0368 e. The molecule has 1 aromatic carbocycles. The molecule has 0 radical (unpaired) electrons. The molecule has 100 valence electrons. The van der Waals surface area contributed by atoms with Crippen molar-refractivity contribution in [2.45, 2.75) is 39.3 Å². The maximum absolute atomic E-state index is 5.74. The molecule has 1 aromatic rings. The van der Waals surface area contributed by atoms with Crippen LogP contribution in [0.4, 0.5) is 11.4 Å². The monoisotopic (exact) mass is 247 g/mol. The molecule has 18 heavy (non-hydrogen) atoms. The van der Waals surface area contributed by atoms with E-state index in [4.69, 9.17) is 5.73 Å². The Labute approximate surface area is 111 Å². The Morgan fingerprint density at radius 2 is 1.72 bits per heavy atom. The van der Waals surface area contributed by atoms with Crippen LogP contribution in [0.1, 0.15) is 27.7 Å². The lowest BCUT2D eigenvalue weighted by molar-refractivity contribution is 0.0799. The van der Waals surface area contributed by atoms with Crippen LogP contribution < -0.4 is 10.6 Å². The standard InChI is InChI=1S/C15H25N3/c1-12-11-17(9-10-18(12)15(2,3)4)14-7-5-13(16)6-8-14/h5-8,12H,9-11,16H2,1-4H3. The van der Waals surface area contributed by atoms with Gasteiger partial charge < -0.3 is 10.6 Å². The number of piperazine rings is 1. The van der Waals surface area contributed by atoms with Crippen LogP contribution in [-0.4, -0.2) is 36.1 Å². The number of benzene rings is 1. The molecular formula is C15H25N3. The lowest BCUT2D eigenvalue weighted by Gasteiger charge is -2.47. The van der Waals surface area contributed by atoms with Crippen LogP contribution in [0.3, 0.4) is 0 Å². The minimum atomic E-state index is 0.257. The van der Waals surface area contributed by atoms with Gasteiger partial charge in [0.25, 0.3) is 0 Å². The van der Waals surface area contributed by atoms with Gasteiger partial charge in [-0.15, -0.1) is 0 Å². The molecule has 0 bridgehead atoms. The Morgan fingerprint density at radius 3 is 2.22 bits per heavy atom. The van der Waals surface area contributed by atoms with E-state index in [9.17, 15) is 0 Å². The molecule has 0 amide bonds. The molecule has 3 nitrogen and oxygen atoms in total. The third-order valence-electron chi connectivity index (χ3n) is 3.75. The van der Waals surface area contributed by atoms with Gasteiger partial charge in [-0.1, -0.05) is 0 Å². The van der Waals surface area contributed by atoms with Gasteiger partial charge in [0.1, 0.15) is 0 Å². The summed E-state index contributed by atoms with van der Waals surface area (Å²) in [6.07, 6.45) is 0. The average molecular weight is 247 g/mol. The summed E-state index contributed by atoms with van der Waals surface area (Å²) in [4.78, 5) is 5.03. The van der Waals surface area contributed by atoms with Crippen molar-refractivity contribution in [2.24, 2.45) is 0 Å². The van der Waals surface area contributed by atoms with Crippen LogP contribution in [0.5, 0.6) is 0 Å². The fraction of sp³-hybridized carbons (Fsp3) is 0.600. The first-order valence-corrected chi connectivity index (χ1v) is 6.75. The lowest BCUT2D eigenvalue weighted by atomic mass is 10.0. The van der Waals surface area contributed by atoms with Crippen LogP contribution in [-0.2, 0) is 0 Å². The van der Waals surface area contributed by atoms with Gasteiger partial charge in [0.15, 0.2) is 0 Å². The number of hydrogen-bond donors (Lipinski definition) is 1. The first-order valence-electron chi connectivity index (χ1n) is 6.75. The van der Waals surface area contributed by atoms with Crippen molar-refractivity contribution in [3.63, 3.8) is 0 Å². The second-order valence-corrected chi connectivity index (χ2v) is 6.25. The molecule has 1 heterocycles. The molecule has 0 aliphatic carbocycles. The first kappa shape index (κ1) is 13.2. The zero-order chi connectivity index (χ0) is 13.3. The summed E-state index contributed by atoms with van der Waals surface area (Å²) < 4.78 is 0. The number of rotatable bonds is 1. The number of nitrogen functional groups attached to an aromatic ring is 1. The molecule has 3 heteroatoms. The van der Waals surface area contributed by atoms with Gasteiger partial charge in [-0.05, 0) is 52.0 Å². The molecule has 0 saturated carbocycles. The summed E-state index contributed by atoms with van der Waals surface area (Å²) in [6.45, 7) is 12.5. The molecular weight excluding hydrogens is 222 g/mol. The molecule has 1 fully saturated rings. The van der Waals surface area contributed by atoms with E-state index in [1.807, 2.05) is 12.1 Å².